The summed E-state index contributed by atoms with van der Waals surface area (Å²) < 4.78 is -0.209. The van der Waals surface area contributed by atoms with Gasteiger partial charge in [0.25, 0.3) is 0 Å². The zero-order valence-corrected chi connectivity index (χ0v) is 12.6. The average Bonchev–Trinajstić information content (AvgIpc) is 2.79. The fourth-order valence-corrected chi connectivity index (χ4v) is 4.28. The van der Waals surface area contributed by atoms with Crippen LogP contribution in [0, 0.1) is 5.41 Å². The number of nitrogens with zero attached hydrogens (tertiary/aromatic N) is 3. The topological polar surface area (TPSA) is 28.0 Å². The van der Waals surface area contributed by atoms with Gasteiger partial charge in [0.1, 0.15) is 9.48 Å². The van der Waals surface area contributed by atoms with E-state index in [0.717, 1.165) is 11.6 Å². The molecule has 0 aromatic carbocycles. The largest absolute Gasteiger partial charge is 0.260 e. The second-order valence-electron chi connectivity index (χ2n) is 5.99. The van der Waals surface area contributed by atoms with Gasteiger partial charge in [0.2, 0.25) is 0 Å². The van der Waals surface area contributed by atoms with Crippen molar-refractivity contribution in [2.24, 2.45) is 15.5 Å². The number of hydrogen-bond donors (Lipinski definition) is 0. The summed E-state index contributed by atoms with van der Waals surface area (Å²) in [4.78, 5) is 5.01. The second kappa shape index (κ2) is 3.40. The van der Waals surface area contributed by atoms with Gasteiger partial charge in [-0.15, -0.1) is 0 Å². The van der Waals surface area contributed by atoms with E-state index in [1.165, 1.54) is 37.0 Å². The van der Waals surface area contributed by atoms with E-state index in [1.54, 1.807) is 0 Å². The summed E-state index contributed by atoms with van der Waals surface area (Å²) in [7, 11) is 0. The highest BCUT2D eigenvalue weighted by atomic mass is 79.9. The number of hydrogen-bond acceptors (Lipinski definition) is 3. The molecule has 0 aromatic heterocycles. The first-order chi connectivity index (χ1) is 8.54. The van der Waals surface area contributed by atoms with Gasteiger partial charge in [0.05, 0.1) is 0 Å². The molecular formula is C13H15BrClN3. The van der Waals surface area contributed by atoms with E-state index in [0.29, 0.717) is 5.41 Å². The Hall–Kier alpha value is -0.350. The van der Waals surface area contributed by atoms with E-state index in [9.17, 15) is 0 Å². The van der Waals surface area contributed by atoms with Gasteiger partial charge >= 0.3 is 0 Å². The van der Waals surface area contributed by atoms with Crippen molar-refractivity contribution in [3.05, 3.63) is 10.7 Å². The molecule has 1 unspecified atom stereocenters. The molecule has 2 fully saturated rings. The summed E-state index contributed by atoms with van der Waals surface area (Å²) in [6.07, 6.45) is 8.08. The van der Waals surface area contributed by atoms with Crippen molar-refractivity contribution in [3.63, 3.8) is 0 Å². The van der Waals surface area contributed by atoms with Crippen LogP contribution in [0.2, 0.25) is 0 Å². The van der Waals surface area contributed by atoms with E-state index >= 15 is 0 Å². The Morgan fingerprint density at radius 1 is 1.44 bits per heavy atom. The quantitative estimate of drug-likeness (QED) is 0.493. The minimum atomic E-state index is -0.209. The first-order valence-electron chi connectivity index (χ1n) is 6.54. The standard InChI is InChI=1S/C13H15BrClN3/c1-12(14)7-16-18-10(15)8-3-6-13(4-2-5-13)9(8)17-11(12)18/h7,11H,2-6H2,1H3/t11?,12-/m0/s1. The molecule has 3 nitrogen and oxygen atoms in total. The average molecular weight is 329 g/mol. The second-order valence-corrected chi connectivity index (χ2v) is 8.06. The maximum atomic E-state index is 6.54. The van der Waals surface area contributed by atoms with Crippen LogP contribution in [0.15, 0.2) is 20.8 Å². The van der Waals surface area contributed by atoms with Crippen molar-refractivity contribution < 1.29 is 0 Å². The first kappa shape index (κ1) is 11.5. The minimum Gasteiger partial charge on any atom is -0.260 e. The van der Waals surface area contributed by atoms with Gasteiger partial charge < -0.3 is 0 Å². The van der Waals surface area contributed by atoms with Crippen LogP contribution in [0.25, 0.3) is 0 Å². The van der Waals surface area contributed by atoms with E-state index in [4.69, 9.17) is 16.6 Å². The van der Waals surface area contributed by atoms with E-state index in [1.807, 2.05) is 11.2 Å². The molecule has 96 valence electrons. The van der Waals surface area contributed by atoms with Crippen LogP contribution in [0.5, 0.6) is 0 Å². The monoisotopic (exact) mass is 327 g/mol. The van der Waals surface area contributed by atoms with Crippen molar-refractivity contribution in [1.82, 2.24) is 5.01 Å². The molecule has 2 saturated carbocycles. The smallest absolute Gasteiger partial charge is 0.163 e. The number of alkyl halides is 1. The van der Waals surface area contributed by atoms with Gasteiger partial charge in [-0.25, -0.2) is 5.01 Å². The molecule has 2 aliphatic carbocycles. The highest BCUT2D eigenvalue weighted by Crippen LogP contribution is 2.56. The lowest BCUT2D eigenvalue weighted by Crippen LogP contribution is -2.44. The van der Waals surface area contributed by atoms with Gasteiger partial charge in [-0.1, -0.05) is 34.0 Å². The molecule has 0 radical (unpaired) electrons. The molecule has 0 aromatic rings. The summed E-state index contributed by atoms with van der Waals surface area (Å²) in [6, 6.07) is 0. The zero-order valence-electron chi connectivity index (χ0n) is 10.3. The lowest BCUT2D eigenvalue weighted by Gasteiger charge is -2.41. The van der Waals surface area contributed by atoms with Crippen LogP contribution >= 0.6 is 27.5 Å². The molecular weight excluding hydrogens is 314 g/mol. The van der Waals surface area contributed by atoms with Gasteiger partial charge in [-0.05, 0) is 32.6 Å². The van der Waals surface area contributed by atoms with Crippen LogP contribution in [-0.4, -0.2) is 27.4 Å². The van der Waals surface area contributed by atoms with Gasteiger partial charge in [0, 0.05) is 22.9 Å². The molecule has 18 heavy (non-hydrogen) atoms. The Morgan fingerprint density at radius 3 is 2.89 bits per heavy atom. The van der Waals surface area contributed by atoms with Gasteiger partial charge in [-0.2, -0.15) is 5.10 Å². The molecule has 5 heteroatoms. The van der Waals surface area contributed by atoms with Crippen molar-refractivity contribution >= 4 is 39.5 Å². The predicted octanol–water partition coefficient (Wildman–Crippen LogP) is 3.64. The zero-order chi connectivity index (χ0) is 12.5. The van der Waals surface area contributed by atoms with Gasteiger partial charge in [0.15, 0.2) is 6.17 Å². The number of rotatable bonds is 0. The molecule has 1 spiro atoms. The van der Waals surface area contributed by atoms with Crippen LogP contribution in [0.1, 0.15) is 39.0 Å². The summed E-state index contributed by atoms with van der Waals surface area (Å²) >= 11 is 10.3. The lowest BCUT2D eigenvalue weighted by atomic mass is 9.66. The maximum absolute atomic E-state index is 6.54. The fraction of sp³-hybridized carbons (Fsp3) is 0.692. The number of allylic oxidation sites excluding steroid dienone is 1. The normalized spacial score (nSPS) is 39.8. The third kappa shape index (κ3) is 1.26. The Morgan fingerprint density at radius 2 is 2.22 bits per heavy atom. The SMILES string of the molecule is C[C@]1(Br)C=NN2C(Cl)=C3CCC4(CCC4)C3=NC21. The molecule has 2 aliphatic heterocycles. The molecule has 4 rings (SSSR count). The Labute approximate surface area is 120 Å². The third-order valence-corrected chi connectivity index (χ3v) is 5.84. The first-order valence-corrected chi connectivity index (χ1v) is 7.71. The van der Waals surface area contributed by atoms with Crippen LogP contribution in [0.3, 0.4) is 0 Å². The van der Waals surface area contributed by atoms with Crippen LogP contribution in [0.4, 0.5) is 0 Å². The molecule has 0 N–H and O–H groups in total. The van der Waals surface area contributed by atoms with Crippen molar-refractivity contribution in [2.45, 2.75) is 49.5 Å². The molecule has 0 bridgehead atoms. The Kier molecular flexibility index (Phi) is 2.17. The molecule has 0 amide bonds. The Balaban J connectivity index is 1.84. The lowest BCUT2D eigenvalue weighted by molar-refractivity contribution is 0.226. The summed E-state index contributed by atoms with van der Waals surface area (Å²) in [6.45, 7) is 2.10. The van der Waals surface area contributed by atoms with Crippen molar-refractivity contribution in [1.29, 1.82) is 0 Å². The summed E-state index contributed by atoms with van der Waals surface area (Å²) in [5, 5.41) is 7.08. The third-order valence-electron chi connectivity index (χ3n) is 4.83. The van der Waals surface area contributed by atoms with E-state index in [2.05, 4.69) is 28.0 Å². The molecule has 2 heterocycles. The number of fused-ring (bicyclic) bond motifs is 3. The van der Waals surface area contributed by atoms with E-state index < -0.39 is 0 Å². The highest BCUT2D eigenvalue weighted by molar-refractivity contribution is 9.10. The number of aliphatic imine (C=N–C) groups is 1. The highest BCUT2D eigenvalue weighted by Gasteiger charge is 2.53. The summed E-state index contributed by atoms with van der Waals surface area (Å²) in [5.74, 6) is 0. The number of hydrazone groups is 1. The van der Waals surface area contributed by atoms with E-state index in [-0.39, 0.29) is 10.5 Å². The summed E-state index contributed by atoms with van der Waals surface area (Å²) in [5.41, 5.74) is 2.89. The molecule has 0 saturated heterocycles. The predicted molar refractivity (Wildman–Crippen MR) is 77.3 cm³/mol. The molecule has 4 aliphatic rings. The van der Waals surface area contributed by atoms with Crippen molar-refractivity contribution in [2.75, 3.05) is 0 Å². The van der Waals surface area contributed by atoms with Crippen LogP contribution < -0.4 is 0 Å². The maximum Gasteiger partial charge on any atom is 0.163 e. The number of halogens is 2. The molecule has 2 atom stereocenters. The minimum absolute atomic E-state index is 0.0145. The van der Waals surface area contributed by atoms with Crippen LogP contribution in [-0.2, 0) is 0 Å². The van der Waals surface area contributed by atoms with Gasteiger partial charge in [-0.3, -0.25) is 4.99 Å². The fourth-order valence-electron chi connectivity index (χ4n) is 3.57. The Bertz CT molecular complexity index is 516. The van der Waals surface area contributed by atoms with Crippen molar-refractivity contribution in [3.8, 4) is 0 Å².